The number of hydrogen-bond acceptors (Lipinski definition) is 9. The molecule has 62 heavy (non-hydrogen) atoms. The minimum Gasteiger partial charge on any atom is -0.508 e. The van der Waals surface area contributed by atoms with E-state index in [9.17, 15) is 35.4 Å². The molecule has 0 saturated heterocycles. The number of hydrogen-bond donors (Lipinski definition) is 10. The van der Waals surface area contributed by atoms with Crippen LogP contribution in [0.3, 0.4) is 0 Å². The molecule has 2 heterocycles. The highest BCUT2D eigenvalue weighted by Crippen LogP contribution is 2.50. The normalized spacial score (nSPS) is 25.1. The Balaban J connectivity index is 1.18. The molecule has 11 N–H and O–H groups in total. The number of rotatable bonds is 23. The van der Waals surface area contributed by atoms with Crippen molar-refractivity contribution in [1.29, 1.82) is 0 Å². The molecule has 3 aromatic rings. The summed E-state index contributed by atoms with van der Waals surface area (Å²) in [6, 6.07) is 16.5. The lowest BCUT2D eigenvalue weighted by molar-refractivity contribution is -0.148. The number of aliphatic hydroxyl groups excluding tert-OH is 2. The van der Waals surface area contributed by atoms with Gasteiger partial charge in [-0.3, -0.25) is 4.79 Å². The van der Waals surface area contributed by atoms with Gasteiger partial charge in [-0.1, -0.05) is 94.0 Å². The summed E-state index contributed by atoms with van der Waals surface area (Å²) in [7, 11) is 1.82. The number of phenolic OH excluding ortho intramolecular Hbond substituents is 2. The van der Waals surface area contributed by atoms with E-state index in [0.29, 0.717) is 62.5 Å². The first-order valence-corrected chi connectivity index (χ1v) is 23.2. The predicted molar refractivity (Wildman–Crippen MR) is 246 cm³/mol. The van der Waals surface area contributed by atoms with E-state index in [1.165, 1.54) is 25.3 Å². The van der Waals surface area contributed by atoms with Crippen LogP contribution in [0.5, 0.6) is 11.5 Å². The third kappa shape index (κ3) is 12.3. The van der Waals surface area contributed by atoms with E-state index in [2.05, 4.69) is 46.8 Å². The number of aliphatic hydroxyl groups is 3. The fourth-order valence-electron chi connectivity index (χ4n) is 10.7. The Morgan fingerprint density at radius 2 is 1.71 bits per heavy atom. The van der Waals surface area contributed by atoms with Crippen LogP contribution < -0.4 is 16.4 Å². The highest BCUT2D eigenvalue weighted by molar-refractivity contribution is 5.83. The Labute approximate surface area is 368 Å². The number of carboxylic acid groups (broad SMARTS) is 1. The Kier molecular flexibility index (Phi) is 16.8. The number of H-pyrrole nitrogens is 1. The fourth-order valence-corrected chi connectivity index (χ4v) is 10.7. The summed E-state index contributed by atoms with van der Waals surface area (Å²) in [5.41, 5.74) is 10.1. The number of carboxylic acids is 1. The Bertz CT molecular complexity index is 1970. The van der Waals surface area contributed by atoms with Crippen molar-refractivity contribution in [2.45, 2.75) is 121 Å². The number of dihydropyridines is 1. The van der Waals surface area contributed by atoms with Gasteiger partial charge in [-0.25, -0.2) is 0 Å². The van der Waals surface area contributed by atoms with Gasteiger partial charge in [-0.05, 0) is 118 Å². The Hall–Kier alpha value is -4.55. The molecule has 1 fully saturated rings. The molecule has 0 radical (unpaired) electrons. The number of aromatic nitrogens is 1. The number of nitrogens with one attached hydrogen (secondary N) is 3. The van der Waals surface area contributed by atoms with Gasteiger partial charge in [0.25, 0.3) is 0 Å². The molecule has 2 aliphatic carbocycles. The molecule has 9 atom stereocenters. The van der Waals surface area contributed by atoms with Crippen LogP contribution in [0.15, 0.2) is 90.3 Å². The van der Waals surface area contributed by atoms with E-state index < -0.39 is 29.5 Å². The van der Waals surface area contributed by atoms with Gasteiger partial charge in [0.05, 0.1) is 35.2 Å². The van der Waals surface area contributed by atoms with Crippen molar-refractivity contribution in [2.75, 3.05) is 20.1 Å². The summed E-state index contributed by atoms with van der Waals surface area (Å²) in [5, 5.41) is 73.4. The molecule has 0 amide bonds. The molecule has 338 valence electrons. The number of aromatic amines is 1. The second kappa shape index (κ2) is 22.2. The van der Waals surface area contributed by atoms with Crippen molar-refractivity contribution in [2.24, 2.45) is 41.2 Å². The zero-order valence-electron chi connectivity index (χ0n) is 36.8. The van der Waals surface area contributed by atoms with E-state index in [1.807, 2.05) is 43.5 Å². The maximum absolute atomic E-state index is 13.1. The number of carbonyl (C=O) groups is 1. The number of phenols is 2. The molecule has 0 bridgehead atoms. The molecule has 0 unspecified atom stereocenters. The van der Waals surface area contributed by atoms with Gasteiger partial charge in [0.15, 0.2) is 0 Å². The van der Waals surface area contributed by atoms with Crippen molar-refractivity contribution in [3.05, 3.63) is 96.0 Å². The lowest BCUT2D eigenvalue weighted by atomic mass is 9.73. The summed E-state index contributed by atoms with van der Waals surface area (Å²) in [5.74, 6) is -1.49. The minimum absolute atomic E-state index is 0.0546. The highest BCUT2D eigenvalue weighted by Gasteiger charge is 2.51. The first kappa shape index (κ1) is 46.9. The summed E-state index contributed by atoms with van der Waals surface area (Å²) in [4.78, 5) is 16.3. The first-order valence-electron chi connectivity index (χ1n) is 23.2. The van der Waals surface area contributed by atoms with Crippen LogP contribution in [0.4, 0.5) is 0 Å². The van der Waals surface area contributed by atoms with Crippen LogP contribution in [0.2, 0.25) is 0 Å². The summed E-state index contributed by atoms with van der Waals surface area (Å²) in [6.45, 7) is 3.24. The lowest BCUT2D eigenvalue weighted by Crippen LogP contribution is -2.48. The summed E-state index contributed by atoms with van der Waals surface area (Å²) < 4.78 is 0. The average Bonchev–Trinajstić information content (AvgIpc) is 3.80. The van der Waals surface area contributed by atoms with Crippen LogP contribution >= 0.6 is 0 Å². The summed E-state index contributed by atoms with van der Waals surface area (Å²) >= 11 is 0. The average molecular weight is 853 g/mol. The number of unbranched alkanes of at least 4 members (excludes halogenated alkanes) is 4. The predicted octanol–water partition coefficient (Wildman–Crippen LogP) is 8.15. The molecular formula is C51H72N4O7. The number of allylic oxidation sites excluding steroid dienone is 3. The molecule has 0 spiro atoms. The standard InChI is InChI=1S/C51H72N4O7/c1-3-4-7-12-33-17-18-37(46(58)23-33)15-10-6-11-16-44(50(60)61)47(59)28-40(32-53-2)51(62)31-35(21-34-19-20-54-48(52)24-34)22-39(51)27-41-29-45(36-13-8-5-9-14-36)49(55-41)38-25-42(56)30-43(57)26-38/h5,8-9,13-14,17-19,24-26,29-30,33,35,37,39-40,44,46-47,53-59,62H,3-4,6-7,10-12,15-16,20-23,27-28,31-32,52H2,1-2H3,(H,60,61)/t33-,35-,37-,39+,40+,44+,46-,47-,51+/m1/s1. The molecule has 11 heteroatoms. The Morgan fingerprint density at radius 3 is 2.40 bits per heavy atom. The lowest BCUT2D eigenvalue weighted by Gasteiger charge is -2.40. The van der Waals surface area contributed by atoms with E-state index in [1.54, 1.807) is 12.1 Å². The van der Waals surface area contributed by atoms with Gasteiger partial charge < -0.3 is 52.0 Å². The van der Waals surface area contributed by atoms with E-state index in [4.69, 9.17) is 5.73 Å². The smallest absolute Gasteiger partial charge is 0.309 e. The SMILES string of the molecule is CCCCC[C@@H]1C=C[C@@H](CCCCC[C@H](C(=O)O)[C@H](O)C[C@@H](CNC)[C@]2(O)C[C@H](CC3=CCNC(N)=C3)C[C@H]2Cc2cc(-c3ccccc3)c(-c3cc(O)cc(O)c3)[nH]2)[C@H](O)C1. The van der Waals surface area contributed by atoms with Gasteiger partial charge in [0.1, 0.15) is 11.5 Å². The molecule has 6 rings (SSSR count). The van der Waals surface area contributed by atoms with E-state index in [-0.39, 0.29) is 41.8 Å². The maximum atomic E-state index is 13.1. The van der Waals surface area contributed by atoms with Gasteiger partial charge in [-0.15, -0.1) is 0 Å². The van der Waals surface area contributed by atoms with Crippen LogP contribution in [0.25, 0.3) is 22.4 Å². The number of aliphatic carboxylic acids is 1. The second-order valence-electron chi connectivity index (χ2n) is 18.6. The largest absolute Gasteiger partial charge is 0.508 e. The third-order valence-electron chi connectivity index (χ3n) is 14.0. The van der Waals surface area contributed by atoms with Crippen LogP contribution in [-0.2, 0) is 11.2 Å². The van der Waals surface area contributed by atoms with Crippen molar-refractivity contribution in [3.63, 3.8) is 0 Å². The topological polar surface area (TPSA) is 204 Å². The van der Waals surface area contributed by atoms with E-state index >= 15 is 0 Å². The van der Waals surface area contributed by atoms with E-state index in [0.717, 1.165) is 66.6 Å². The van der Waals surface area contributed by atoms with Crippen molar-refractivity contribution in [1.82, 2.24) is 15.6 Å². The molecule has 1 aliphatic heterocycles. The van der Waals surface area contributed by atoms with Crippen molar-refractivity contribution in [3.8, 4) is 33.9 Å². The fraction of sp³-hybridized carbons (Fsp3) is 0.549. The minimum atomic E-state index is -1.24. The number of nitrogens with two attached hydrogens (primary N) is 1. The summed E-state index contributed by atoms with van der Waals surface area (Å²) in [6.07, 6.45) is 18.7. The second-order valence-corrected chi connectivity index (χ2v) is 18.6. The van der Waals surface area contributed by atoms with Crippen LogP contribution in [-0.4, -0.2) is 79.5 Å². The Morgan fingerprint density at radius 1 is 0.952 bits per heavy atom. The van der Waals surface area contributed by atoms with Crippen molar-refractivity contribution >= 4 is 5.97 Å². The number of benzene rings is 2. The molecule has 2 aromatic carbocycles. The maximum Gasteiger partial charge on any atom is 0.309 e. The quantitative estimate of drug-likeness (QED) is 0.0328. The molecule has 1 saturated carbocycles. The first-order chi connectivity index (χ1) is 29.9. The van der Waals surface area contributed by atoms with Gasteiger partial charge in [0, 0.05) is 47.8 Å². The highest BCUT2D eigenvalue weighted by atomic mass is 16.4. The van der Waals surface area contributed by atoms with Gasteiger partial charge in [0.2, 0.25) is 0 Å². The zero-order valence-corrected chi connectivity index (χ0v) is 36.8. The number of aromatic hydroxyl groups is 2. The molecule has 3 aliphatic rings. The molecular weight excluding hydrogens is 781 g/mol. The third-order valence-corrected chi connectivity index (χ3v) is 14.0. The van der Waals surface area contributed by atoms with Crippen molar-refractivity contribution < 1.29 is 35.4 Å². The molecule has 1 aromatic heterocycles. The van der Waals surface area contributed by atoms with Gasteiger partial charge in [-0.2, -0.15) is 0 Å². The van der Waals surface area contributed by atoms with Crippen LogP contribution in [0.1, 0.15) is 103 Å². The van der Waals surface area contributed by atoms with Gasteiger partial charge >= 0.3 is 5.97 Å². The molecule has 11 nitrogen and oxygen atoms in total. The monoisotopic (exact) mass is 853 g/mol. The zero-order chi connectivity index (χ0) is 44.2. The van der Waals surface area contributed by atoms with Crippen LogP contribution in [0, 0.1) is 35.5 Å².